The molecule has 38 heavy (non-hydrogen) atoms. The van der Waals surface area contributed by atoms with Crippen LogP contribution in [0.5, 0.6) is 11.5 Å². The van der Waals surface area contributed by atoms with Gasteiger partial charge >= 0.3 is 0 Å². The van der Waals surface area contributed by atoms with Gasteiger partial charge in [-0.15, -0.1) is 0 Å². The van der Waals surface area contributed by atoms with Crippen molar-refractivity contribution in [3.05, 3.63) is 137 Å². The molecule has 0 aliphatic heterocycles. The number of ether oxygens (including phenoxy) is 2. The first-order valence-corrected chi connectivity index (χ1v) is 12.7. The molecule has 0 bridgehead atoms. The third-order valence-corrected chi connectivity index (χ3v) is 6.41. The van der Waals surface area contributed by atoms with Crippen LogP contribution in [0.3, 0.4) is 0 Å². The SMILES string of the molecule is O=C(NC(COCc1ccccc1)C(=O)Cc1ccc(Oc2ccccc2)cc1)c1ccc2c(c1)CC=C2. The van der Waals surface area contributed by atoms with E-state index in [0.717, 1.165) is 34.4 Å². The molecule has 1 N–H and O–H groups in total. The van der Waals surface area contributed by atoms with Gasteiger partial charge in [0.05, 0.1) is 13.2 Å². The summed E-state index contributed by atoms with van der Waals surface area (Å²) in [6.07, 6.45) is 5.10. The number of amides is 1. The Bertz CT molecular complexity index is 1410. The van der Waals surface area contributed by atoms with Crippen molar-refractivity contribution in [2.75, 3.05) is 6.61 Å². The zero-order chi connectivity index (χ0) is 26.2. The van der Waals surface area contributed by atoms with Crippen LogP contribution in [0.1, 0.15) is 32.6 Å². The maximum absolute atomic E-state index is 13.3. The highest BCUT2D eigenvalue weighted by Crippen LogP contribution is 2.22. The molecule has 190 valence electrons. The lowest BCUT2D eigenvalue weighted by molar-refractivity contribution is -0.121. The number of Topliss-reactive ketones (excluding diaryl/α,β-unsaturated/α-hetero) is 1. The van der Waals surface area contributed by atoms with Gasteiger partial charge in [0.1, 0.15) is 17.5 Å². The van der Waals surface area contributed by atoms with E-state index in [4.69, 9.17) is 9.47 Å². The van der Waals surface area contributed by atoms with E-state index in [1.165, 1.54) is 0 Å². The fourth-order valence-electron chi connectivity index (χ4n) is 4.35. The van der Waals surface area contributed by atoms with Crippen LogP contribution in [0.2, 0.25) is 0 Å². The Hall–Kier alpha value is -4.48. The first-order valence-electron chi connectivity index (χ1n) is 12.7. The maximum Gasteiger partial charge on any atom is 0.251 e. The average molecular weight is 504 g/mol. The molecule has 5 nitrogen and oxygen atoms in total. The molecule has 0 fully saturated rings. The van der Waals surface area contributed by atoms with E-state index in [-0.39, 0.29) is 24.7 Å². The minimum Gasteiger partial charge on any atom is -0.457 e. The standard InChI is InChI=1S/C33H29NO4/c35-32(20-24-14-18-30(19-15-24)38-29-12-5-2-6-13-29)31(23-37-22-25-8-3-1-4-9-25)34-33(36)28-17-16-26-10-7-11-27(26)21-28/h1-10,12-19,21,31H,11,20,22-23H2,(H,34,36). The molecule has 4 aromatic rings. The highest BCUT2D eigenvalue weighted by atomic mass is 16.5. The second-order valence-corrected chi connectivity index (χ2v) is 9.25. The van der Waals surface area contributed by atoms with Gasteiger partial charge in [0.2, 0.25) is 0 Å². The molecule has 5 heteroatoms. The Morgan fingerprint density at radius 3 is 2.26 bits per heavy atom. The van der Waals surface area contributed by atoms with E-state index in [1.54, 1.807) is 6.07 Å². The molecule has 1 aliphatic carbocycles. The molecule has 0 aromatic heterocycles. The van der Waals surface area contributed by atoms with Crippen molar-refractivity contribution < 1.29 is 19.1 Å². The summed E-state index contributed by atoms with van der Waals surface area (Å²) in [4.78, 5) is 26.5. The van der Waals surface area contributed by atoms with Gasteiger partial charge in [0.25, 0.3) is 5.91 Å². The highest BCUT2D eigenvalue weighted by Gasteiger charge is 2.23. The second-order valence-electron chi connectivity index (χ2n) is 9.25. The molecule has 1 atom stereocenters. The number of rotatable bonds is 11. The first-order chi connectivity index (χ1) is 18.6. The minimum atomic E-state index is -0.780. The zero-order valence-electron chi connectivity index (χ0n) is 21.0. The van der Waals surface area contributed by atoms with Gasteiger partial charge in [-0.2, -0.15) is 0 Å². The largest absolute Gasteiger partial charge is 0.457 e. The smallest absolute Gasteiger partial charge is 0.251 e. The number of hydrogen-bond acceptors (Lipinski definition) is 4. The molecule has 0 heterocycles. The van der Waals surface area contributed by atoms with Crippen LogP contribution in [0.4, 0.5) is 0 Å². The van der Waals surface area contributed by atoms with Crippen LogP contribution in [-0.4, -0.2) is 24.3 Å². The third kappa shape index (κ3) is 6.64. The summed E-state index contributed by atoms with van der Waals surface area (Å²) < 4.78 is 11.7. The number of fused-ring (bicyclic) bond motifs is 1. The summed E-state index contributed by atoms with van der Waals surface area (Å²) in [5, 5.41) is 2.92. The topological polar surface area (TPSA) is 64.6 Å². The van der Waals surface area contributed by atoms with Gasteiger partial charge < -0.3 is 14.8 Å². The fourth-order valence-corrected chi connectivity index (χ4v) is 4.35. The number of nitrogens with one attached hydrogen (secondary N) is 1. The molecular formula is C33H29NO4. The predicted octanol–water partition coefficient (Wildman–Crippen LogP) is 6.18. The van der Waals surface area contributed by atoms with E-state index >= 15 is 0 Å². The number of carbonyl (C=O) groups excluding carboxylic acids is 2. The van der Waals surface area contributed by atoms with Gasteiger partial charge in [-0.3, -0.25) is 9.59 Å². The Balaban J connectivity index is 1.25. The number of ketones is 1. The first kappa shape index (κ1) is 25.2. The monoisotopic (exact) mass is 503 g/mol. The Labute approximate surface area is 222 Å². The quantitative estimate of drug-likeness (QED) is 0.266. The number of benzene rings is 4. The number of para-hydroxylation sites is 1. The van der Waals surface area contributed by atoms with Gasteiger partial charge in [-0.1, -0.05) is 78.9 Å². The van der Waals surface area contributed by atoms with Gasteiger partial charge in [-0.05, 0) is 65.1 Å². The summed E-state index contributed by atoms with van der Waals surface area (Å²) in [5.74, 6) is 1.03. The summed E-state index contributed by atoms with van der Waals surface area (Å²) in [7, 11) is 0. The molecule has 4 aromatic carbocycles. The molecule has 0 radical (unpaired) electrons. The Kier molecular flexibility index (Phi) is 8.07. The molecule has 5 rings (SSSR count). The molecule has 0 saturated carbocycles. The van der Waals surface area contributed by atoms with Crippen LogP contribution in [0, 0.1) is 0 Å². The van der Waals surface area contributed by atoms with Crippen molar-refractivity contribution in [3.8, 4) is 11.5 Å². The molecule has 0 saturated heterocycles. The van der Waals surface area contributed by atoms with Crippen molar-refractivity contribution in [3.63, 3.8) is 0 Å². The van der Waals surface area contributed by atoms with Crippen molar-refractivity contribution in [2.24, 2.45) is 0 Å². The zero-order valence-corrected chi connectivity index (χ0v) is 21.0. The average Bonchev–Trinajstić information content (AvgIpc) is 3.43. The fraction of sp³-hybridized carbons (Fsp3) is 0.152. The van der Waals surface area contributed by atoms with Crippen LogP contribution in [-0.2, 0) is 29.0 Å². The lowest BCUT2D eigenvalue weighted by Gasteiger charge is -2.19. The van der Waals surface area contributed by atoms with Crippen LogP contribution in [0.25, 0.3) is 6.08 Å². The van der Waals surface area contributed by atoms with Crippen molar-refractivity contribution in [1.82, 2.24) is 5.32 Å². The lowest BCUT2D eigenvalue weighted by atomic mass is 10.0. The van der Waals surface area contributed by atoms with E-state index < -0.39 is 6.04 Å². The maximum atomic E-state index is 13.3. The Morgan fingerprint density at radius 2 is 1.50 bits per heavy atom. The molecule has 0 spiro atoms. The van der Waals surface area contributed by atoms with Crippen molar-refractivity contribution in [1.29, 1.82) is 0 Å². The van der Waals surface area contributed by atoms with E-state index in [9.17, 15) is 9.59 Å². The summed E-state index contributed by atoms with van der Waals surface area (Å²) in [6.45, 7) is 0.442. The van der Waals surface area contributed by atoms with E-state index in [1.807, 2.05) is 97.1 Å². The van der Waals surface area contributed by atoms with Crippen molar-refractivity contribution in [2.45, 2.75) is 25.5 Å². The van der Waals surface area contributed by atoms with Gasteiger partial charge in [0.15, 0.2) is 5.78 Å². The van der Waals surface area contributed by atoms with Crippen LogP contribution < -0.4 is 10.1 Å². The molecular weight excluding hydrogens is 474 g/mol. The van der Waals surface area contributed by atoms with Crippen LogP contribution >= 0.6 is 0 Å². The number of allylic oxidation sites excluding steroid dienone is 1. The Morgan fingerprint density at radius 1 is 0.789 bits per heavy atom. The minimum absolute atomic E-state index is 0.0845. The second kappa shape index (κ2) is 12.2. The number of hydrogen-bond donors (Lipinski definition) is 1. The molecule has 1 unspecified atom stereocenters. The predicted molar refractivity (Wildman–Crippen MR) is 148 cm³/mol. The van der Waals surface area contributed by atoms with Crippen LogP contribution in [0.15, 0.2) is 109 Å². The van der Waals surface area contributed by atoms with E-state index in [2.05, 4.69) is 17.5 Å². The summed E-state index contributed by atoms with van der Waals surface area (Å²) in [6, 6.07) is 31.6. The van der Waals surface area contributed by atoms with Crippen molar-refractivity contribution >= 4 is 17.8 Å². The molecule has 1 aliphatic rings. The van der Waals surface area contributed by atoms with Gasteiger partial charge in [-0.25, -0.2) is 0 Å². The summed E-state index contributed by atoms with van der Waals surface area (Å²) >= 11 is 0. The number of carbonyl (C=O) groups is 2. The third-order valence-electron chi connectivity index (χ3n) is 6.41. The normalized spacial score (nSPS) is 12.5. The van der Waals surface area contributed by atoms with E-state index in [0.29, 0.717) is 17.9 Å². The molecule has 1 amide bonds. The van der Waals surface area contributed by atoms with Gasteiger partial charge in [0, 0.05) is 12.0 Å². The summed E-state index contributed by atoms with van der Waals surface area (Å²) in [5.41, 5.74) is 4.61. The highest BCUT2D eigenvalue weighted by molar-refractivity contribution is 5.98. The lowest BCUT2D eigenvalue weighted by Crippen LogP contribution is -2.44.